The van der Waals surface area contributed by atoms with Crippen molar-refractivity contribution >= 4 is 53.1 Å². The minimum atomic E-state index is -4.10. The van der Waals surface area contributed by atoms with Gasteiger partial charge >= 0.3 is 48.4 Å². The van der Waals surface area contributed by atoms with Crippen molar-refractivity contribution in [1.29, 1.82) is 0 Å². The van der Waals surface area contributed by atoms with Crippen molar-refractivity contribution in [1.82, 2.24) is 29.9 Å². The Bertz CT molecular complexity index is 1330. The van der Waals surface area contributed by atoms with Crippen molar-refractivity contribution in [3.8, 4) is 12.0 Å². The van der Waals surface area contributed by atoms with Gasteiger partial charge in [-0.05, 0) is 53.0 Å². The van der Waals surface area contributed by atoms with Crippen molar-refractivity contribution in [3.05, 3.63) is 0 Å². The highest BCUT2D eigenvalue weighted by molar-refractivity contribution is 7.63. The second-order valence-electron chi connectivity index (χ2n) is 7.81. The van der Waals surface area contributed by atoms with Gasteiger partial charge < -0.3 is 36.6 Å². The normalized spacial score (nSPS) is 12.7. The Labute approximate surface area is 262 Å². The lowest BCUT2D eigenvalue weighted by atomic mass is 10.8. The molecule has 2 heterocycles. The molecule has 2 aromatic heterocycles. The SMILES string of the molecule is CCO[P+](=O)c1nc(OCCOc2nc(P(=O)(OCC)OCC)nc(P(=O)(OCC)OCC)n2)nc(P(=O)(OCC)OCC)n1. The van der Waals surface area contributed by atoms with E-state index >= 15 is 0 Å². The fraction of sp³-hybridized carbons (Fsp3) is 0.727. The van der Waals surface area contributed by atoms with Gasteiger partial charge in [-0.25, -0.2) is 0 Å². The minimum Gasteiger partial charge on any atom is -0.460 e. The topological polar surface area (TPSA) is 229 Å². The van der Waals surface area contributed by atoms with E-state index in [0.29, 0.717) is 0 Å². The van der Waals surface area contributed by atoms with E-state index in [4.69, 9.17) is 41.1 Å². The number of nitrogens with zero attached hydrogens (tertiary/aromatic N) is 6. The molecular weight excluding hydrogens is 680 g/mol. The van der Waals surface area contributed by atoms with E-state index in [-0.39, 0.29) is 71.0 Å². The van der Waals surface area contributed by atoms with Gasteiger partial charge in [0, 0.05) is 0 Å². The Morgan fingerprint density at radius 2 is 0.822 bits per heavy atom. The fourth-order valence-electron chi connectivity index (χ4n) is 3.17. The molecule has 0 spiro atoms. The molecule has 254 valence electrons. The number of ether oxygens (including phenoxy) is 2. The molecule has 0 amide bonds. The van der Waals surface area contributed by atoms with Crippen LogP contribution in [-0.4, -0.2) is 89.4 Å². The molecule has 0 aromatic carbocycles. The molecule has 0 bridgehead atoms. The molecule has 23 heteroatoms. The van der Waals surface area contributed by atoms with Gasteiger partial charge in [-0.15, -0.1) is 9.51 Å². The van der Waals surface area contributed by atoms with E-state index in [2.05, 4.69) is 29.9 Å². The van der Waals surface area contributed by atoms with Crippen LogP contribution in [0.3, 0.4) is 0 Å². The van der Waals surface area contributed by atoms with E-state index in [1.165, 1.54) is 0 Å². The lowest BCUT2D eigenvalue weighted by Gasteiger charge is -2.19. The second kappa shape index (κ2) is 19.1. The lowest BCUT2D eigenvalue weighted by molar-refractivity contribution is 0.194. The highest BCUT2D eigenvalue weighted by Gasteiger charge is 2.39. The Morgan fingerprint density at radius 1 is 0.489 bits per heavy atom. The maximum absolute atomic E-state index is 13.5. The average Bonchev–Trinajstić information content (AvgIpc) is 3.00. The first-order valence-corrected chi connectivity index (χ1v) is 19.8. The molecule has 0 fully saturated rings. The highest BCUT2D eigenvalue weighted by Crippen LogP contribution is 2.48. The summed E-state index contributed by atoms with van der Waals surface area (Å²) < 4.78 is 101. The van der Waals surface area contributed by atoms with Crippen LogP contribution >= 0.6 is 30.8 Å². The molecular formula is C22H39N6O13P4+. The molecule has 2 aromatic rings. The van der Waals surface area contributed by atoms with Gasteiger partial charge in [0.25, 0.3) is 5.57 Å². The first-order chi connectivity index (χ1) is 21.5. The molecule has 1 atom stereocenters. The zero-order valence-electron chi connectivity index (χ0n) is 26.1. The molecule has 2 rings (SSSR count). The van der Waals surface area contributed by atoms with Crippen molar-refractivity contribution in [2.75, 3.05) is 59.5 Å². The summed E-state index contributed by atoms with van der Waals surface area (Å²) >= 11 is 0. The molecule has 0 saturated carbocycles. The molecule has 0 aliphatic carbocycles. The zero-order chi connectivity index (χ0) is 33.5. The van der Waals surface area contributed by atoms with Crippen LogP contribution < -0.4 is 31.7 Å². The van der Waals surface area contributed by atoms with Crippen LogP contribution in [0.25, 0.3) is 0 Å². The predicted molar refractivity (Wildman–Crippen MR) is 161 cm³/mol. The van der Waals surface area contributed by atoms with Crippen LogP contribution in [0.2, 0.25) is 0 Å². The third-order valence-corrected chi connectivity index (χ3v) is 11.3. The standard InChI is InChI=1S/C22H39N6O13P4/c1-8-35-42(29)19-23-17(24-20(27-19)43(30,36-9-2)37-10-3)33-15-16-34-18-25-21(44(31,38-11-4)39-12-5)28-22(26-18)45(32,40-13-6)41-14-7/h8-16H2,1-7H3/q+1. The molecule has 0 aliphatic heterocycles. The molecule has 19 nitrogen and oxygen atoms in total. The Morgan fingerprint density at radius 3 is 1.16 bits per heavy atom. The van der Waals surface area contributed by atoms with Gasteiger partial charge in [-0.2, -0.15) is 24.9 Å². The number of rotatable bonds is 23. The molecule has 1 unspecified atom stereocenters. The van der Waals surface area contributed by atoms with Crippen molar-refractivity contribution in [3.63, 3.8) is 0 Å². The molecule has 0 N–H and O–H groups in total. The zero-order valence-corrected chi connectivity index (χ0v) is 29.7. The summed E-state index contributed by atoms with van der Waals surface area (Å²) in [5.74, 6) is 0. The van der Waals surface area contributed by atoms with Crippen LogP contribution in [0.5, 0.6) is 12.0 Å². The first kappa shape index (κ1) is 39.3. The van der Waals surface area contributed by atoms with E-state index in [9.17, 15) is 18.3 Å². The van der Waals surface area contributed by atoms with E-state index in [1.807, 2.05) is 0 Å². The number of hydrogen-bond donors (Lipinski definition) is 0. The highest BCUT2D eigenvalue weighted by atomic mass is 31.2. The van der Waals surface area contributed by atoms with E-state index in [1.54, 1.807) is 48.5 Å². The lowest BCUT2D eigenvalue weighted by Crippen LogP contribution is -2.31. The summed E-state index contributed by atoms with van der Waals surface area (Å²) in [5.41, 5.74) is -1.71. The quantitative estimate of drug-likeness (QED) is 0.119. The Balaban J connectivity index is 2.42. The van der Waals surface area contributed by atoms with E-state index < -0.39 is 53.5 Å². The Hall–Kier alpha value is -1.87. The Kier molecular flexibility index (Phi) is 16.7. The summed E-state index contributed by atoms with van der Waals surface area (Å²) in [7, 11) is -14.8. The predicted octanol–water partition coefficient (Wildman–Crippen LogP) is 2.59. The van der Waals surface area contributed by atoms with Crippen molar-refractivity contribution in [2.45, 2.75) is 48.5 Å². The van der Waals surface area contributed by atoms with Crippen LogP contribution in [0.4, 0.5) is 0 Å². The third kappa shape index (κ3) is 11.1. The van der Waals surface area contributed by atoms with Crippen LogP contribution in [-0.2, 0) is 49.9 Å². The van der Waals surface area contributed by atoms with Gasteiger partial charge in [-0.3, -0.25) is 13.7 Å². The van der Waals surface area contributed by atoms with Gasteiger partial charge in [0.05, 0.1) is 39.6 Å². The van der Waals surface area contributed by atoms with Crippen molar-refractivity contribution < 1.29 is 59.4 Å². The summed E-state index contributed by atoms with van der Waals surface area (Å²) in [5, 5.41) is 0. The van der Waals surface area contributed by atoms with Gasteiger partial charge in [-0.1, -0.05) is 0 Å². The largest absolute Gasteiger partial charge is 0.591 e. The van der Waals surface area contributed by atoms with Crippen molar-refractivity contribution in [2.24, 2.45) is 0 Å². The number of aromatic nitrogens is 6. The molecule has 0 saturated heterocycles. The van der Waals surface area contributed by atoms with Gasteiger partial charge in [0.1, 0.15) is 19.8 Å². The molecule has 45 heavy (non-hydrogen) atoms. The minimum absolute atomic E-state index is 0.00881. The van der Waals surface area contributed by atoms with Crippen LogP contribution in [0.15, 0.2) is 0 Å². The van der Waals surface area contributed by atoms with Crippen LogP contribution in [0.1, 0.15) is 48.5 Å². The fourth-order valence-corrected chi connectivity index (χ4v) is 8.25. The maximum atomic E-state index is 13.5. The van der Waals surface area contributed by atoms with E-state index in [0.717, 1.165) is 0 Å². The number of hydrogen-bond acceptors (Lipinski definition) is 19. The van der Waals surface area contributed by atoms with Gasteiger partial charge in [0.2, 0.25) is 11.1 Å². The summed E-state index contributed by atoms with van der Waals surface area (Å²) in [6, 6.07) is -0.806. The monoisotopic (exact) mass is 719 g/mol. The molecule has 0 radical (unpaired) electrons. The second-order valence-corrected chi connectivity index (χ2v) is 14.7. The van der Waals surface area contributed by atoms with Gasteiger partial charge in [0.15, 0.2) is 0 Å². The first-order valence-electron chi connectivity index (χ1n) is 14.0. The third-order valence-electron chi connectivity index (χ3n) is 4.67. The summed E-state index contributed by atoms with van der Waals surface area (Å²) in [6.45, 7) is 10.7. The summed E-state index contributed by atoms with van der Waals surface area (Å²) in [4.78, 5) is 24.2. The maximum Gasteiger partial charge on any atom is 0.591 e. The van der Waals surface area contributed by atoms with Crippen LogP contribution in [0, 0.1) is 0 Å². The smallest absolute Gasteiger partial charge is 0.460 e. The average molecular weight is 719 g/mol. The summed E-state index contributed by atoms with van der Waals surface area (Å²) in [6.07, 6.45) is 0. The molecule has 0 aliphatic rings.